The van der Waals surface area contributed by atoms with Gasteiger partial charge in [-0.1, -0.05) is 42.1 Å². The second-order valence-electron chi connectivity index (χ2n) is 3.88. The van der Waals surface area contributed by atoms with Gasteiger partial charge in [-0.3, -0.25) is 10.1 Å². The Balaban J connectivity index is 1.85. The van der Waals surface area contributed by atoms with E-state index < -0.39 is 4.92 Å². The number of para-hydroxylation sites is 1. The third kappa shape index (κ3) is 4.32. The molecule has 0 aliphatic heterocycles. The predicted octanol–water partition coefficient (Wildman–Crippen LogP) is 4.19. The Hall–Kier alpha value is -1.92. The molecule has 0 fully saturated rings. The van der Waals surface area contributed by atoms with Crippen molar-refractivity contribution in [1.82, 2.24) is 0 Å². The van der Waals surface area contributed by atoms with Crippen LogP contribution in [-0.4, -0.2) is 9.31 Å². The van der Waals surface area contributed by atoms with Crippen molar-refractivity contribution < 1.29 is 9.66 Å². The number of rotatable bonds is 4. The van der Waals surface area contributed by atoms with Gasteiger partial charge in [-0.25, -0.2) is 0 Å². The van der Waals surface area contributed by atoms with E-state index in [4.69, 9.17) is 17.0 Å². The minimum atomic E-state index is -0.417. The van der Waals surface area contributed by atoms with Crippen LogP contribution in [-0.2, 0) is 5.75 Å². The number of ether oxygens (including phenoxy) is 1. The lowest BCUT2D eigenvalue weighted by atomic mass is 10.2. The van der Waals surface area contributed by atoms with E-state index in [9.17, 15) is 10.1 Å². The summed E-state index contributed by atoms with van der Waals surface area (Å²) >= 11 is 6.51. The fourth-order valence-electron chi connectivity index (χ4n) is 1.47. The van der Waals surface area contributed by atoms with Crippen LogP contribution in [0.3, 0.4) is 0 Å². The lowest BCUT2D eigenvalue weighted by Crippen LogP contribution is -2.00. The first-order valence-electron chi connectivity index (χ1n) is 5.78. The molecule has 6 heteroatoms. The molecule has 0 N–H and O–H groups in total. The van der Waals surface area contributed by atoms with Crippen molar-refractivity contribution in [2.75, 3.05) is 0 Å². The fraction of sp³-hybridized carbons (Fsp3) is 0.0714. The number of benzene rings is 2. The van der Waals surface area contributed by atoms with Gasteiger partial charge in [0.05, 0.1) is 4.92 Å². The molecule has 20 heavy (non-hydrogen) atoms. The second kappa shape index (κ2) is 7.02. The van der Waals surface area contributed by atoms with Crippen LogP contribution in [0.15, 0.2) is 54.6 Å². The van der Waals surface area contributed by atoms with Crippen molar-refractivity contribution >= 4 is 34.0 Å². The molecule has 0 spiro atoms. The normalized spacial score (nSPS) is 10.0. The minimum absolute atomic E-state index is 0.0851. The van der Waals surface area contributed by atoms with E-state index in [1.807, 2.05) is 30.3 Å². The Labute approximate surface area is 125 Å². The van der Waals surface area contributed by atoms with Crippen LogP contribution in [0.4, 0.5) is 5.69 Å². The summed E-state index contributed by atoms with van der Waals surface area (Å²) in [6.07, 6.45) is 0. The van der Waals surface area contributed by atoms with Gasteiger partial charge in [-0.15, -0.1) is 0 Å². The summed E-state index contributed by atoms with van der Waals surface area (Å²) in [4.78, 5) is 10.1. The molecule has 0 heterocycles. The summed E-state index contributed by atoms with van der Waals surface area (Å²) in [6, 6.07) is 15.7. The van der Waals surface area contributed by atoms with Crippen LogP contribution in [0.25, 0.3) is 0 Å². The summed E-state index contributed by atoms with van der Waals surface area (Å²) in [5.74, 6) is 1.32. The van der Waals surface area contributed by atoms with Gasteiger partial charge in [0, 0.05) is 17.9 Å². The third-order valence-corrected chi connectivity index (χ3v) is 3.68. The molecule has 2 rings (SSSR count). The predicted molar refractivity (Wildman–Crippen MR) is 84.1 cm³/mol. The highest BCUT2D eigenvalue weighted by Gasteiger charge is 2.06. The molecule has 0 aliphatic rings. The van der Waals surface area contributed by atoms with E-state index in [-0.39, 0.29) is 5.69 Å². The molecule has 0 radical (unpaired) electrons. The molecule has 0 atom stereocenters. The summed E-state index contributed by atoms with van der Waals surface area (Å²) in [5.41, 5.74) is 1.04. The van der Waals surface area contributed by atoms with Crippen LogP contribution >= 0.6 is 24.0 Å². The number of thioether (sulfide) groups is 1. The highest BCUT2D eigenvalue weighted by molar-refractivity contribution is 8.22. The molecule has 0 amide bonds. The average molecular weight is 305 g/mol. The van der Waals surface area contributed by atoms with Crippen molar-refractivity contribution in [3.8, 4) is 5.75 Å². The van der Waals surface area contributed by atoms with Crippen molar-refractivity contribution in [3.63, 3.8) is 0 Å². The summed E-state index contributed by atoms with van der Waals surface area (Å²) in [6.45, 7) is 0. The minimum Gasteiger partial charge on any atom is -0.440 e. The van der Waals surface area contributed by atoms with Crippen molar-refractivity contribution in [3.05, 3.63) is 70.3 Å². The number of non-ortho nitro benzene ring substituents is 1. The average Bonchev–Trinajstić information content (AvgIpc) is 2.46. The molecule has 4 nitrogen and oxygen atoms in total. The molecule has 0 saturated carbocycles. The zero-order valence-electron chi connectivity index (χ0n) is 10.4. The monoisotopic (exact) mass is 305 g/mol. The number of nitro groups is 1. The van der Waals surface area contributed by atoms with Crippen molar-refractivity contribution in [2.24, 2.45) is 0 Å². The Morgan fingerprint density at radius 3 is 2.40 bits per heavy atom. The lowest BCUT2D eigenvalue weighted by molar-refractivity contribution is -0.384. The fourth-order valence-corrected chi connectivity index (χ4v) is 2.38. The first kappa shape index (κ1) is 14.5. The van der Waals surface area contributed by atoms with Gasteiger partial charge >= 0.3 is 0 Å². The number of hydrogen-bond acceptors (Lipinski definition) is 5. The van der Waals surface area contributed by atoms with E-state index in [0.717, 1.165) is 5.56 Å². The van der Waals surface area contributed by atoms with E-state index in [0.29, 0.717) is 15.9 Å². The third-order valence-electron chi connectivity index (χ3n) is 2.45. The first-order valence-corrected chi connectivity index (χ1v) is 7.17. The molecule has 0 bridgehead atoms. The summed E-state index contributed by atoms with van der Waals surface area (Å²) in [5, 5.41) is 10.5. The summed E-state index contributed by atoms with van der Waals surface area (Å²) in [7, 11) is 0. The maximum atomic E-state index is 10.5. The number of nitrogens with zero attached hydrogens (tertiary/aromatic N) is 1. The van der Waals surface area contributed by atoms with E-state index in [2.05, 4.69) is 0 Å². The quantitative estimate of drug-likeness (QED) is 0.481. The zero-order chi connectivity index (χ0) is 14.4. The van der Waals surface area contributed by atoms with Gasteiger partial charge in [-0.2, -0.15) is 0 Å². The van der Waals surface area contributed by atoms with Crippen molar-refractivity contribution in [1.29, 1.82) is 0 Å². The zero-order valence-corrected chi connectivity index (χ0v) is 12.0. The number of hydrogen-bond donors (Lipinski definition) is 0. The van der Waals surface area contributed by atoms with E-state index in [1.165, 1.54) is 23.9 Å². The smallest absolute Gasteiger partial charge is 0.269 e. The topological polar surface area (TPSA) is 52.4 Å². The molecule has 2 aromatic carbocycles. The Kier molecular flexibility index (Phi) is 5.09. The van der Waals surface area contributed by atoms with Gasteiger partial charge in [-0.05, 0) is 29.9 Å². The first-order chi connectivity index (χ1) is 9.65. The van der Waals surface area contributed by atoms with Gasteiger partial charge in [0.2, 0.25) is 4.38 Å². The number of nitro benzene ring substituents is 1. The van der Waals surface area contributed by atoms with Crippen LogP contribution in [0.1, 0.15) is 5.56 Å². The van der Waals surface area contributed by atoms with Crippen LogP contribution in [0, 0.1) is 10.1 Å². The lowest BCUT2D eigenvalue weighted by Gasteiger charge is -2.06. The Morgan fingerprint density at radius 1 is 1.15 bits per heavy atom. The highest BCUT2D eigenvalue weighted by Crippen LogP contribution is 2.20. The van der Waals surface area contributed by atoms with Crippen LogP contribution in [0.2, 0.25) is 0 Å². The Bertz CT molecular complexity index is 600. The second-order valence-corrected chi connectivity index (χ2v) is 5.45. The van der Waals surface area contributed by atoms with Crippen molar-refractivity contribution in [2.45, 2.75) is 5.75 Å². The van der Waals surface area contributed by atoms with Gasteiger partial charge < -0.3 is 4.74 Å². The standard InChI is InChI=1S/C14H11NO3S2/c16-15(17)12-8-6-11(7-9-12)10-20-14(19)18-13-4-2-1-3-5-13/h1-9H,10H2. The number of thiocarbonyl (C=S) groups is 1. The molecular weight excluding hydrogens is 294 g/mol. The molecule has 2 aromatic rings. The van der Waals surface area contributed by atoms with Gasteiger partial charge in [0.25, 0.3) is 5.69 Å². The van der Waals surface area contributed by atoms with Crippen LogP contribution < -0.4 is 4.74 Å². The highest BCUT2D eigenvalue weighted by atomic mass is 32.2. The molecule has 0 aromatic heterocycles. The molecular formula is C14H11NO3S2. The van der Waals surface area contributed by atoms with E-state index in [1.54, 1.807) is 12.1 Å². The van der Waals surface area contributed by atoms with Gasteiger partial charge in [0.1, 0.15) is 5.75 Å². The molecule has 0 saturated heterocycles. The van der Waals surface area contributed by atoms with Gasteiger partial charge in [0.15, 0.2) is 0 Å². The maximum Gasteiger partial charge on any atom is 0.269 e. The summed E-state index contributed by atoms with van der Waals surface area (Å²) < 4.78 is 5.91. The molecule has 0 aliphatic carbocycles. The molecule has 102 valence electrons. The SMILES string of the molecule is O=[N+]([O-])c1ccc(CSC(=S)Oc2ccccc2)cc1. The maximum absolute atomic E-state index is 10.5. The van der Waals surface area contributed by atoms with Crippen LogP contribution in [0.5, 0.6) is 5.75 Å². The van der Waals surface area contributed by atoms with E-state index >= 15 is 0 Å². The largest absolute Gasteiger partial charge is 0.440 e. The molecule has 0 unspecified atom stereocenters. The Morgan fingerprint density at radius 2 is 1.80 bits per heavy atom.